The van der Waals surface area contributed by atoms with Gasteiger partial charge in [-0.1, -0.05) is 156 Å². The van der Waals surface area contributed by atoms with E-state index in [0.717, 1.165) is 128 Å². The second-order valence-electron chi connectivity index (χ2n) is 21.9. The number of halogens is 15. The van der Waals surface area contributed by atoms with Gasteiger partial charge in [0.1, 0.15) is 0 Å². The zero-order chi connectivity index (χ0) is 60.0. The summed E-state index contributed by atoms with van der Waals surface area (Å²) in [5.74, 6) is -52.7. The van der Waals surface area contributed by atoms with Gasteiger partial charge in [0.05, 0.1) is 13.2 Å². The monoisotopic (exact) mass is 1170 g/mol. The summed E-state index contributed by atoms with van der Waals surface area (Å²) in [7, 11) is 1.74. The lowest BCUT2D eigenvalue weighted by atomic mass is 9.90. The van der Waals surface area contributed by atoms with Crippen LogP contribution in [0.3, 0.4) is 0 Å². The Bertz CT molecular complexity index is 1670. The van der Waals surface area contributed by atoms with Crippen molar-refractivity contribution < 1.29 is 89.7 Å². The normalized spacial score (nSPS) is 16.0. The standard InChI is InChI=1S/C56H94F15N3O5/c1-6-10-14-17-23-31-45(30-22-16-12-8-3)43-79-48(76)35-27-19-25-33-46(32-24-18-26-34-47(75)78-42-44(28-20-13-9-4)29-21-15-11-7-2)74(41-40-73-38-36-72(5)37-39-73)49(77)50(57,58)51(59,60)52(61,62)53(63,64)54(65,66)55(67,68)56(69,70)71/h44-46H,6-43H2,1-5H3. The van der Waals surface area contributed by atoms with Crippen LogP contribution in [0.2, 0.25) is 0 Å². The molecule has 0 N–H and O–H groups in total. The molecule has 1 rings (SSSR count). The minimum atomic E-state index is -8.53. The highest BCUT2D eigenvalue weighted by atomic mass is 19.4. The maximum absolute atomic E-state index is 16.0. The number of unbranched alkanes of at least 4 members (excludes halogenated alkanes) is 16. The van der Waals surface area contributed by atoms with Crippen LogP contribution in [0.15, 0.2) is 0 Å². The molecule has 0 spiro atoms. The van der Waals surface area contributed by atoms with Gasteiger partial charge in [0.25, 0.3) is 5.91 Å². The van der Waals surface area contributed by atoms with Gasteiger partial charge in [-0.25, -0.2) is 0 Å². The van der Waals surface area contributed by atoms with Gasteiger partial charge in [0.15, 0.2) is 0 Å². The molecule has 1 heterocycles. The summed E-state index contributed by atoms with van der Waals surface area (Å²) in [5.41, 5.74) is 0. The van der Waals surface area contributed by atoms with Gasteiger partial charge >= 0.3 is 53.7 Å². The molecule has 468 valence electrons. The van der Waals surface area contributed by atoms with E-state index >= 15 is 26.3 Å². The van der Waals surface area contributed by atoms with Crippen molar-refractivity contribution in [2.45, 2.75) is 268 Å². The summed E-state index contributed by atoms with van der Waals surface area (Å²) in [6.45, 7) is 8.60. The van der Waals surface area contributed by atoms with Gasteiger partial charge in [-0.05, 0) is 70.3 Å². The number of hydrogen-bond acceptors (Lipinski definition) is 7. The average Bonchev–Trinajstić information content (AvgIpc) is 3.48. The lowest BCUT2D eigenvalue weighted by Gasteiger charge is -2.43. The van der Waals surface area contributed by atoms with Gasteiger partial charge in [-0.3, -0.25) is 19.3 Å². The molecule has 0 bridgehead atoms. The second kappa shape index (κ2) is 36.8. The number of carbonyl (C=O) groups excluding carboxylic acids is 3. The van der Waals surface area contributed by atoms with Crippen molar-refractivity contribution in [2.24, 2.45) is 11.8 Å². The Balaban J connectivity index is 3.49. The van der Waals surface area contributed by atoms with E-state index < -0.39 is 78.7 Å². The first-order valence-corrected chi connectivity index (χ1v) is 29.3. The maximum Gasteiger partial charge on any atom is 0.460 e. The Kier molecular flexibility index (Phi) is 34.6. The zero-order valence-electron chi connectivity index (χ0n) is 47.7. The summed E-state index contributed by atoms with van der Waals surface area (Å²) in [4.78, 5) is 43.0. The summed E-state index contributed by atoms with van der Waals surface area (Å²) in [6, 6.07) is -1.60. The van der Waals surface area contributed by atoms with E-state index in [1.807, 2.05) is 4.90 Å². The quantitative estimate of drug-likeness (QED) is 0.0341. The van der Waals surface area contributed by atoms with Crippen molar-refractivity contribution in [2.75, 3.05) is 59.5 Å². The predicted octanol–water partition coefficient (Wildman–Crippen LogP) is 16.9. The molecular formula is C56H94F15N3O5. The smallest absolute Gasteiger partial charge is 0.460 e. The number of nitrogens with zero attached hydrogens (tertiary/aromatic N) is 3. The SMILES string of the molecule is CCCCCCCC(CCCCCC)COC(=O)CCCCCC(CCCCCC(=O)OCC(CCCCC)CCCCCC)N(CCN1CCN(C)CC1)C(=O)C(F)(F)C(F)(F)C(F)(F)C(F)(F)C(F)(F)C(F)(F)C(F)(F)F. The molecule has 1 fully saturated rings. The largest absolute Gasteiger partial charge is 0.465 e. The first-order valence-electron chi connectivity index (χ1n) is 29.3. The molecule has 3 unspecified atom stereocenters. The summed E-state index contributed by atoms with van der Waals surface area (Å²) in [5, 5.41) is 0. The Morgan fingerprint density at radius 2 is 0.759 bits per heavy atom. The van der Waals surface area contributed by atoms with Crippen LogP contribution >= 0.6 is 0 Å². The van der Waals surface area contributed by atoms with Crippen molar-refractivity contribution in [3.05, 3.63) is 0 Å². The molecule has 79 heavy (non-hydrogen) atoms. The van der Waals surface area contributed by atoms with Crippen LogP contribution in [-0.2, 0) is 23.9 Å². The van der Waals surface area contributed by atoms with Crippen molar-refractivity contribution in [1.29, 1.82) is 0 Å². The Morgan fingerprint density at radius 3 is 1.16 bits per heavy atom. The highest BCUT2D eigenvalue weighted by Crippen LogP contribution is 2.62. The van der Waals surface area contributed by atoms with Gasteiger partial charge in [-0.2, -0.15) is 65.9 Å². The number of piperazine rings is 1. The molecule has 0 aromatic carbocycles. The molecule has 1 aliphatic heterocycles. The molecule has 1 aliphatic rings. The number of rotatable bonds is 46. The third-order valence-electron chi connectivity index (χ3n) is 15.2. The summed E-state index contributed by atoms with van der Waals surface area (Å²) < 4.78 is 228. The van der Waals surface area contributed by atoms with Crippen molar-refractivity contribution in [3.63, 3.8) is 0 Å². The first-order chi connectivity index (χ1) is 36.9. The third-order valence-corrected chi connectivity index (χ3v) is 15.2. The van der Waals surface area contributed by atoms with Gasteiger partial charge in [0, 0.05) is 58.2 Å². The lowest BCUT2D eigenvalue weighted by molar-refractivity contribution is -0.450. The second-order valence-corrected chi connectivity index (χ2v) is 21.9. The summed E-state index contributed by atoms with van der Waals surface area (Å²) >= 11 is 0. The van der Waals surface area contributed by atoms with Crippen molar-refractivity contribution >= 4 is 17.8 Å². The van der Waals surface area contributed by atoms with E-state index in [0.29, 0.717) is 13.1 Å². The van der Waals surface area contributed by atoms with E-state index in [-0.39, 0.29) is 107 Å². The molecule has 3 atom stereocenters. The number of esters is 2. The molecular weight excluding hydrogens is 1080 g/mol. The zero-order valence-corrected chi connectivity index (χ0v) is 47.7. The van der Waals surface area contributed by atoms with Crippen molar-refractivity contribution in [1.82, 2.24) is 14.7 Å². The topological polar surface area (TPSA) is 79.4 Å². The molecule has 0 aromatic rings. The molecule has 0 aliphatic carbocycles. The fourth-order valence-electron chi connectivity index (χ4n) is 9.79. The first kappa shape index (κ1) is 74.3. The fourth-order valence-corrected chi connectivity index (χ4v) is 9.79. The number of hydrogen-bond donors (Lipinski definition) is 0. The molecule has 0 saturated carbocycles. The van der Waals surface area contributed by atoms with Crippen LogP contribution < -0.4 is 0 Å². The number of likely N-dealkylation sites (N-methyl/N-ethyl adjacent to an activating group) is 1. The molecule has 0 radical (unpaired) electrons. The number of carbonyl (C=O) groups is 3. The van der Waals surface area contributed by atoms with Crippen LogP contribution in [0.5, 0.6) is 0 Å². The van der Waals surface area contributed by atoms with Crippen LogP contribution in [0.1, 0.15) is 220 Å². The Hall–Kier alpha value is -2.72. The Labute approximate surface area is 460 Å². The van der Waals surface area contributed by atoms with E-state index in [1.54, 1.807) is 11.9 Å². The van der Waals surface area contributed by atoms with Crippen LogP contribution in [0.4, 0.5) is 65.9 Å². The highest BCUT2D eigenvalue weighted by molar-refractivity contribution is 5.85. The van der Waals surface area contributed by atoms with Crippen LogP contribution in [0, 0.1) is 11.8 Å². The molecule has 0 aromatic heterocycles. The van der Waals surface area contributed by atoms with Crippen LogP contribution in [-0.4, -0.2) is 140 Å². The molecule has 23 heteroatoms. The van der Waals surface area contributed by atoms with Gasteiger partial charge in [0.2, 0.25) is 0 Å². The molecule has 1 amide bonds. The average molecular weight is 1170 g/mol. The van der Waals surface area contributed by atoms with E-state index in [9.17, 15) is 53.9 Å². The minimum Gasteiger partial charge on any atom is -0.465 e. The predicted molar refractivity (Wildman–Crippen MR) is 275 cm³/mol. The fraction of sp³-hybridized carbons (Fsp3) is 0.946. The molecule has 8 nitrogen and oxygen atoms in total. The molecule has 1 saturated heterocycles. The summed E-state index contributed by atoms with van der Waals surface area (Å²) in [6.07, 6.45) is 11.9. The van der Waals surface area contributed by atoms with E-state index in [4.69, 9.17) is 9.47 Å². The number of ether oxygens (including phenoxy) is 2. The van der Waals surface area contributed by atoms with Crippen molar-refractivity contribution in [3.8, 4) is 0 Å². The van der Waals surface area contributed by atoms with Gasteiger partial charge < -0.3 is 19.3 Å². The van der Waals surface area contributed by atoms with E-state index in [2.05, 4.69) is 27.7 Å². The lowest BCUT2D eigenvalue weighted by Crippen LogP contribution is -2.74. The Morgan fingerprint density at radius 1 is 0.430 bits per heavy atom. The number of alkyl halides is 15. The van der Waals surface area contributed by atoms with Gasteiger partial charge in [-0.15, -0.1) is 0 Å². The maximum atomic E-state index is 16.0. The van der Waals surface area contributed by atoms with Crippen LogP contribution in [0.25, 0.3) is 0 Å². The third kappa shape index (κ3) is 23.8. The van der Waals surface area contributed by atoms with E-state index in [1.165, 1.54) is 0 Å². The minimum absolute atomic E-state index is 0.0214. The number of amides is 1. The highest BCUT2D eigenvalue weighted by Gasteiger charge is 2.94.